The van der Waals surface area contributed by atoms with Gasteiger partial charge in [-0.2, -0.15) is 5.10 Å². The van der Waals surface area contributed by atoms with E-state index >= 15 is 0 Å². The number of benzene rings is 2. The molecule has 5 rings (SSSR count). The van der Waals surface area contributed by atoms with Crippen molar-refractivity contribution in [3.63, 3.8) is 0 Å². The van der Waals surface area contributed by atoms with Gasteiger partial charge in [-0.3, -0.25) is 9.59 Å². The van der Waals surface area contributed by atoms with E-state index in [9.17, 15) is 9.59 Å². The first kappa shape index (κ1) is 17.0. The topological polar surface area (TPSA) is 76.0 Å². The van der Waals surface area contributed by atoms with Crippen LogP contribution in [0.3, 0.4) is 0 Å². The van der Waals surface area contributed by atoms with Crippen molar-refractivity contribution in [1.29, 1.82) is 0 Å². The van der Waals surface area contributed by atoms with Crippen LogP contribution < -0.4 is 10.6 Å². The maximum atomic E-state index is 13.1. The molecule has 2 aliphatic heterocycles. The second-order valence-corrected chi connectivity index (χ2v) is 7.76. The Labute approximate surface area is 166 Å². The van der Waals surface area contributed by atoms with Gasteiger partial charge in [0.2, 0.25) is 11.8 Å². The molecule has 0 unspecified atom stereocenters. The first-order valence-electron chi connectivity index (χ1n) is 9.00. The molecule has 2 amide bonds. The fraction of sp³-hybridized carbons (Fsp3) is 0.190. The molecule has 0 aliphatic carbocycles. The minimum atomic E-state index is -1.11. The molecule has 140 valence electrons. The van der Waals surface area contributed by atoms with Gasteiger partial charge in [-0.05, 0) is 36.2 Å². The standard InChI is InChI=1S/C21H17ClN4O2/c1-12-2-4-13(5-3-12)11-26-19-16(10-23-26)21(9-18(27)25-19)15-8-14(22)6-7-17(15)24-20(21)28/h2-8,10H,9,11H2,1H3,(H,24,28)(H,25,27)/t21-/m0/s1. The second-order valence-electron chi connectivity index (χ2n) is 7.32. The number of carbonyl (C=O) groups is 2. The lowest BCUT2D eigenvalue weighted by Crippen LogP contribution is -2.43. The van der Waals surface area contributed by atoms with Crippen molar-refractivity contribution in [1.82, 2.24) is 9.78 Å². The molecular formula is C21H17ClN4O2. The minimum absolute atomic E-state index is 0.0232. The zero-order valence-electron chi connectivity index (χ0n) is 15.1. The van der Waals surface area contributed by atoms with Gasteiger partial charge in [0.15, 0.2) is 0 Å². The Balaban J connectivity index is 1.65. The first-order valence-corrected chi connectivity index (χ1v) is 9.38. The molecule has 6 nitrogen and oxygen atoms in total. The average molecular weight is 393 g/mol. The summed E-state index contributed by atoms with van der Waals surface area (Å²) in [4.78, 5) is 25.7. The molecule has 0 saturated heterocycles. The number of nitrogens with zero attached hydrogens (tertiary/aromatic N) is 2. The summed E-state index contributed by atoms with van der Waals surface area (Å²) >= 11 is 6.20. The molecule has 0 fully saturated rings. The maximum Gasteiger partial charge on any atom is 0.240 e. The SMILES string of the molecule is Cc1ccc(Cn2ncc3c2NC(=O)C[C@@]32C(=O)Nc3ccc(Cl)cc32)cc1. The van der Waals surface area contributed by atoms with Crippen molar-refractivity contribution in [2.75, 3.05) is 10.6 Å². The van der Waals surface area contributed by atoms with E-state index in [1.165, 1.54) is 5.56 Å². The summed E-state index contributed by atoms with van der Waals surface area (Å²) < 4.78 is 1.73. The van der Waals surface area contributed by atoms with Crippen LogP contribution in [0.4, 0.5) is 11.5 Å². The number of aromatic nitrogens is 2. The molecular weight excluding hydrogens is 376 g/mol. The van der Waals surface area contributed by atoms with E-state index in [0.29, 0.717) is 28.6 Å². The third kappa shape index (κ3) is 2.38. The third-order valence-electron chi connectivity index (χ3n) is 5.51. The number of nitrogens with one attached hydrogen (secondary N) is 2. The van der Waals surface area contributed by atoms with Crippen molar-refractivity contribution in [3.8, 4) is 0 Å². The van der Waals surface area contributed by atoms with E-state index in [4.69, 9.17) is 11.6 Å². The van der Waals surface area contributed by atoms with Gasteiger partial charge in [-0.25, -0.2) is 4.68 Å². The summed E-state index contributed by atoms with van der Waals surface area (Å²) in [5.74, 6) is 0.108. The zero-order valence-corrected chi connectivity index (χ0v) is 15.9. The van der Waals surface area contributed by atoms with E-state index in [-0.39, 0.29) is 18.2 Å². The Morgan fingerprint density at radius 3 is 2.68 bits per heavy atom. The highest BCUT2D eigenvalue weighted by molar-refractivity contribution is 6.31. The number of amides is 2. The van der Waals surface area contributed by atoms with Crippen molar-refractivity contribution >= 4 is 34.9 Å². The first-order chi connectivity index (χ1) is 13.5. The largest absolute Gasteiger partial charge is 0.325 e. The number of aryl methyl sites for hydroxylation is 1. The van der Waals surface area contributed by atoms with E-state index in [0.717, 1.165) is 11.1 Å². The van der Waals surface area contributed by atoms with Crippen molar-refractivity contribution in [2.24, 2.45) is 0 Å². The summed E-state index contributed by atoms with van der Waals surface area (Å²) in [6.07, 6.45) is 1.70. The van der Waals surface area contributed by atoms with E-state index in [1.807, 2.05) is 31.2 Å². The quantitative estimate of drug-likeness (QED) is 0.701. The molecule has 2 N–H and O–H groups in total. The Bertz CT molecular complexity index is 1140. The molecule has 3 aromatic rings. The van der Waals surface area contributed by atoms with Crippen molar-refractivity contribution in [2.45, 2.75) is 25.3 Å². The Kier molecular flexibility index (Phi) is 3.61. The van der Waals surface area contributed by atoms with Gasteiger partial charge in [0.1, 0.15) is 11.2 Å². The smallest absolute Gasteiger partial charge is 0.240 e. The fourth-order valence-electron chi connectivity index (χ4n) is 4.10. The number of hydrogen-bond acceptors (Lipinski definition) is 3. The molecule has 0 saturated carbocycles. The lowest BCUT2D eigenvalue weighted by molar-refractivity contribution is -0.125. The van der Waals surface area contributed by atoms with Gasteiger partial charge in [0.05, 0.1) is 12.7 Å². The predicted molar refractivity (Wildman–Crippen MR) is 107 cm³/mol. The van der Waals surface area contributed by atoms with Crippen LogP contribution in [0.15, 0.2) is 48.7 Å². The van der Waals surface area contributed by atoms with Gasteiger partial charge >= 0.3 is 0 Å². The van der Waals surface area contributed by atoms with Crippen LogP contribution in [-0.4, -0.2) is 21.6 Å². The lowest BCUT2D eigenvalue weighted by Gasteiger charge is -2.31. The number of anilines is 2. The van der Waals surface area contributed by atoms with Crippen LogP contribution >= 0.6 is 11.6 Å². The molecule has 2 aliphatic rings. The van der Waals surface area contributed by atoms with Gasteiger partial charge in [-0.15, -0.1) is 0 Å². The number of hydrogen-bond donors (Lipinski definition) is 2. The highest BCUT2D eigenvalue weighted by Gasteiger charge is 2.54. The van der Waals surface area contributed by atoms with E-state index in [2.05, 4.69) is 15.7 Å². The monoisotopic (exact) mass is 392 g/mol. The van der Waals surface area contributed by atoms with Crippen LogP contribution in [0.25, 0.3) is 0 Å². The normalized spacial score (nSPS) is 19.9. The lowest BCUT2D eigenvalue weighted by atomic mass is 9.72. The number of rotatable bonds is 2. The Morgan fingerprint density at radius 2 is 1.89 bits per heavy atom. The number of halogens is 1. The highest BCUT2D eigenvalue weighted by atomic mass is 35.5. The molecule has 0 radical (unpaired) electrons. The van der Waals surface area contributed by atoms with E-state index < -0.39 is 5.41 Å². The summed E-state index contributed by atoms with van der Waals surface area (Å²) in [5, 5.41) is 10.8. The summed E-state index contributed by atoms with van der Waals surface area (Å²) in [5.41, 5.74) is 3.22. The number of fused-ring (bicyclic) bond motifs is 4. The minimum Gasteiger partial charge on any atom is -0.325 e. The van der Waals surface area contributed by atoms with Crippen molar-refractivity contribution in [3.05, 3.63) is 75.9 Å². The maximum absolute atomic E-state index is 13.1. The molecule has 28 heavy (non-hydrogen) atoms. The summed E-state index contributed by atoms with van der Waals surface area (Å²) in [6.45, 7) is 2.53. The van der Waals surface area contributed by atoms with Crippen LogP contribution in [-0.2, 0) is 21.5 Å². The predicted octanol–water partition coefficient (Wildman–Crippen LogP) is 3.47. The highest BCUT2D eigenvalue weighted by Crippen LogP contribution is 2.50. The van der Waals surface area contributed by atoms with E-state index in [1.54, 1.807) is 29.1 Å². The van der Waals surface area contributed by atoms with Crippen LogP contribution in [0.1, 0.15) is 28.7 Å². The summed E-state index contributed by atoms with van der Waals surface area (Å²) in [6, 6.07) is 13.4. The summed E-state index contributed by atoms with van der Waals surface area (Å²) in [7, 11) is 0. The average Bonchev–Trinajstić information content (AvgIpc) is 3.18. The van der Waals surface area contributed by atoms with Crippen LogP contribution in [0.5, 0.6) is 0 Å². The Hall–Kier alpha value is -3.12. The Morgan fingerprint density at radius 1 is 1.11 bits per heavy atom. The van der Waals surface area contributed by atoms with Gasteiger partial charge in [-0.1, -0.05) is 41.4 Å². The number of carbonyl (C=O) groups excluding carboxylic acids is 2. The second kappa shape index (κ2) is 5.94. The van der Waals surface area contributed by atoms with Crippen molar-refractivity contribution < 1.29 is 9.59 Å². The third-order valence-corrected chi connectivity index (χ3v) is 5.75. The van der Waals surface area contributed by atoms with Crippen LogP contribution in [0, 0.1) is 6.92 Å². The molecule has 7 heteroatoms. The van der Waals surface area contributed by atoms with Gasteiger partial charge < -0.3 is 10.6 Å². The zero-order chi connectivity index (χ0) is 19.5. The molecule has 1 aromatic heterocycles. The van der Waals surface area contributed by atoms with Gasteiger partial charge in [0.25, 0.3) is 0 Å². The molecule has 1 atom stereocenters. The molecule has 2 aromatic carbocycles. The fourth-order valence-corrected chi connectivity index (χ4v) is 4.27. The molecule has 3 heterocycles. The van der Waals surface area contributed by atoms with Gasteiger partial charge in [0, 0.05) is 22.7 Å². The molecule has 1 spiro atoms. The van der Waals surface area contributed by atoms with Crippen LogP contribution in [0.2, 0.25) is 5.02 Å². The molecule has 0 bridgehead atoms.